The molecule has 0 bridgehead atoms. The number of aromatic nitrogens is 4. The van der Waals surface area contributed by atoms with Gasteiger partial charge in [-0.3, -0.25) is 13.9 Å². The molecule has 13 heteroatoms. The largest absolute Gasteiger partial charge is 0.469 e. The third kappa shape index (κ3) is 2.95. The van der Waals surface area contributed by atoms with Gasteiger partial charge < -0.3 is 25.4 Å². The average Bonchev–Trinajstić information content (AvgIpc) is 3.01. The molecule has 0 amide bonds. The Morgan fingerprint density at radius 1 is 1.39 bits per heavy atom. The highest BCUT2D eigenvalue weighted by Crippen LogP contribution is 2.37. The highest BCUT2D eigenvalue weighted by Gasteiger charge is 2.44. The van der Waals surface area contributed by atoms with Crippen molar-refractivity contribution in [2.24, 2.45) is 0 Å². The van der Waals surface area contributed by atoms with Crippen molar-refractivity contribution < 1.29 is 33.5 Å². The molecule has 2 aromatic rings. The van der Waals surface area contributed by atoms with Crippen molar-refractivity contribution in [1.82, 2.24) is 19.5 Å². The smallest absolute Gasteiger partial charge is 0.382 e. The van der Waals surface area contributed by atoms with E-state index in [9.17, 15) is 14.5 Å². The van der Waals surface area contributed by atoms with Crippen molar-refractivity contribution in [2.45, 2.75) is 18.4 Å². The van der Waals surface area contributed by atoms with Gasteiger partial charge in [0.2, 0.25) is 0 Å². The molecular formula is C10H12N5O7P. The van der Waals surface area contributed by atoms with E-state index in [0.29, 0.717) is 0 Å². The quantitative estimate of drug-likeness (QED) is 0.465. The molecule has 2 aromatic heterocycles. The van der Waals surface area contributed by atoms with Crippen LogP contribution in [0.5, 0.6) is 0 Å². The fourth-order valence-corrected chi connectivity index (χ4v) is 2.53. The molecule has 0 saturated carbocycles. The van der Waals surface area contributed by atoms with Crippen LogP contribution in [-0.2, 0) is 18.6 Å². The number of hydrogen-bond acceptors (Lipinski definition) is 9. The van der Waals surface area contributed by atoms with Gasteiger partial charge in [-0.05, 0) is 0 Å². The Labute approximate surface area is 128 Å². The number of carbonyl (C=O) groups excluding carboxylic acids is 1. The fraction of sp³-hybridized carbons (Fsp3) is 0.400. The number of hydrogen-bond donors (Lipinski definition) is 4. The summed E-state index contributed by atoms with van der Waals surface area (Å²) in [7, 11) is -4.76. The van der Waals surface area contributed by atoms with Gasteiger partial charge in [0.15, 0.2) is 29.6 Å². The monoisotopic (exact) mass is 345 g/mol. The van der Waals surface area contributed by atoms with Crippen LogP contribution in [0.25, 0.3) is 11.2 Å². The second-order valence-corrected chi connectivity index (χ2v) is 5.97. The lowest BCUT2D eigenvalue weighted by Crippen LogP contribution is -2.28. The van der Waals surface area contributed by atoms with Crippen LogP contribution in [0.4, 0.5) is 5.82 Å². The first kappa shape index (κ1) is 15.9. The van der Waals surface area contributed by atoms with Gasteiger partial charge in [0, 0.05) is 0 Å². The molecule has 23 heavy (non-hydrogen) atoms. The summed E-state index contributed by atoms with van der Waals surface area (Å²) in [6.45, 7) is -0.694. The van der Waals surface area contributed by atoms with Crippen molar-refractivity contribution in [3.8, 4) is 0 Å². The lowest BCUT2D eigenvalue weighted by Gasteiger charge is -2.15. The number of aliphatic hydroxyl groups is 1. The third-order valence-corrected chi connectivity index (χ3v) is 3.72. The molecule has 0 radical (unpaired) electrons. The number of nitrogen functional groups attached to an aromatic ring is 1. The topological polar surface area (TPSA) is 183 Å². The van der Waals surface area contributed by atoms with E-state index in [1.165, 1.54) is 17.2 Å². The highest BCUT2D eigenvalue weighted by atomic mass is 31.2. The third-order valence-electron chi connectivity index (χ3n) is 3.24. The van der Waals surface area contributed by atoms with Crippen LogP contribution >= 0.6 is 7.82 Å². The van der Waals surface area contributed by atoms with Crippen molar-refractivity contribution in [2.75, 3.05) is 12.3 Å². The average molecular weight is 345 g/mol. The lowest BCUT2D eigenvalue weighted by molar-refractivity contribution is -0.128. The van der Waals surface area contributed by atoms with Crippen LogP contribution < -0.4 is 5.73 Å². The molecule has 3 atom stereocenters. The van der Waals surface area contributed by atoms with Crippen LogP contribution in [0.15, 0.2) is 12.7 Å². The summed E-state index contributed by atoms with van der Waals surface area (Å²) in [5.41, 5.74) is 6.16. The number of Topliss-reactive ketones (excluding diaryl/α,β-unsaturated/α-hetero) is 1. The number of ether oxygens (including phenoxy) is 1. The number of rotatable bonds is 4. The molecule has 1 saturated heterocycles. The van der Waals surface area contributed by atoms with E-state index >= 15 is 0 Å². The Morgan fingerprint density at radius 2 is 2.13 bits per heavy atom. The molecule has 0 spiro atoms. The van der Waals surface area contributed by atoms with E-state index in [4.69, 9.17) is 20.3 Å². The molecule has 124 valence electrons. The number of ketones is 1. The number of anilines is 1. The first-order chi connectivity index (χ1) is 10.8. The summed E-state index contributed by atoms with van der Waals surface area (Å²) in [6, 6.07) is 0. The summed E-state index contributed by atoms with van der Waals surface area (Å²) in [5.74, 6) is -0.652. The van der Waals surface area contributed by atoms with E-state index in [1.807, 2.05) is 0 Å². The number of phosphoric ester groups is 1. The minimum absolute atomic E-state index is 0.119. The molecule has 12 nitrogen and oxygen atoms in total. The van der Waals surface area contributed by atoms with Crippen molar-refractivity contribution in [1.29, 1.82) is 0 Å². The maximum atomic E-state index is 11.9. The van der Waals surface area contributed by atoms with Crippen LogP contribution in [0, 0.1) is 0 Å². The number of nitrogens with two attached hydrogens (primary N) is 1. The molecular weight excluding hydrogens is 333 g/mol. The Hall–Kier alpha value is -1.95. The number of imidazole rings is 1. The number of fused-ring (bicyclic) bond motifs is 1. The SMILES string of the molecule is Nc1ncnc2c1ncn2C1OC(COP(=O)(O)O)C(=O)C1O. The van der Waals surface area contributed by atoms with Gasteiger partial charge in [0.1, 0.15) is 17.9 Å². The maximum Gasteiger partial charge on any atom is 0.469 e. The number of aliphatic hydroxyl groups excluding tert-OH is 1. The molecule has 0 aliphatic carbocycles. The first-order valence-corrected chi connectivity index (χ1v) is 7.81. The van der Waals surface area contributed by atoms with Crippen LogP contribution in [0.1, 0.15) is 6.23 Å². The van der Waals surface area contributed by atoms with Gasteiger partial charge in [-0.1, -0.05) is 0 Å². The Kier molecular flexibility index (Phi) is 3.88. The molecule has 1 fully saturated rings. The van der Waals surface area contributed by atoms with E-state index in [1.54, 1.807) is 0 Å². The Morgan fingerprint density at radius 3 is 2.83 bits per heavy atom. The predicted molar refractivity (Wildman–Crippen MR) is 72.7 cm³/mol. The van der Waals surface area contributed by atoms with Crippen LogP contribution in [0.2, 0.25) is 0 Å². The molecule has 3 unspecified atom stereocenters. The van der Waals surface area contributed by atoms with Gasteiger partial charge >= 0.3 is 7.82 Å². The molecule has 1 aliphatic rings. The number of carbonyl (C=O) groups is 1. The zero-order valence-corrected chi connectivity index (χ0v) is 12.3. The number of nitrogens with zero attached hydrogens (tertiary/aromatic N) is 4. The summed E-state index contributed by atoms with van der Waals surface area (Å²) in [5, 5.41) is 10.0. The van der Waals surface area contributed by atoms with Gasteiger partial charge in [-0.25, -0.2) is 19.5 Å². The van der Waals surface area contributed by atoms with Crippen molar-refractivity contribution in [3.63, 3.8) is 0 Å². The summed E-state index contributed by atoms with van der Waals surface area (Å²) >= 11 is 0. The van der Waals surface area contributed by atoms with Crippen molar-refractivity contribution >= 4 is 30.6 Å². The minimum atomic E-state index is -4.76. The standard InChI is InChI=1S/C10H12N5O7P/c11-8-5-9(13-2-12-8)15(3-14-5)10-7(17)6(16)4(22-10)1-21-23(18,19)20/h2-4,7,10,17H,1H2,(H2,11,12,13)(H2,18,19,20). The second kappa shape index (κ2) is 5.60. The van der Waals surface area contributed by atoms with Crippen LogP contribution in [0.3, 0.4) is 0 Å². The van der Waals surface area contributed by atoms with Gasteiger partial charge in [-0.2, -0.15) is 0 Å². The van der Waals surface area contributed by atoms with E-state index < -0.39 is 38.6 Å². The second-order valence-electron chi connectivity index (χ2n) is 4.73. The fourth-order valence-electron chi connectivity index (χ4n) is 2.20. The van der Waals surface area contributed by atoms with Gasteiger partial charge in [0.05, 0.1) is 12.9 Å². The lowest BCUT2D eigenvalue weighted by atomic mass is 10.2. The summed E-state index contributed by atoms with van der Waals surface area (Å²) < 4.78 is 21.6. The number of phosphoric acid groups is 1. The Bertz CT molecular complexity index is 804. The molecule has 3 heterocycles. The minimum Gasteiger partial charge on any atom is -0.382 e. The van der Waals surface area contributed by atoms with Crippen LogP contribution in [-0.4, -0.2) is 59.0 Å². The van der Waals surface area contributed by atoms with Crippen molar-refractivity contribution in [3.05, 3.63) is 12.7 Å². The molecule has 1 aliphatic heterocycles. The van der Waals surface area contributed by atoms with Gasteiger partial charge in [-0.15, -0.1) is 0 Å². The molecule has 5 N–H and O–H groups in total. The zero-order valence-electron chi connectivity index (χ0n) is 11.4. The van der Waals surface area contributed by atoms with E-state index in [-0.39, 0.29) is 17.0 Å². The normalized spacial score (nSPS) is 25.3. The first-order valence-electron chi connectivity index (χ1n) is 6.28. The molecule has 3 rings (SSSR count). The zero-order chi connectivity index (χ0) is 16.8. The van der Waals surface area contributed by atoms with E-state index in [2.05, 4.69) is 19.5 Å². The Balaban J connectivity index is 1.87. The van der Waals surface area contributed by atoms with Gasteiger partial charge in [0.25, 0.3) is 0 Å². The predicted octanol–water partition coefficient (Wildman–Crippen LogP) is -1.65. The summed E-state index contributed by atoms with van der Waals surface area (Å²) in [4.78, 5) is 41.0. The van der Waals surface area contributed by atoms with E-state index in [0.717, 1.165) is 0 Å². The molecule has 0 aromatic carbocycles. The maximum absolute atomic E-state index is 11.9. The highest BCUT2D eigenvalue weighted by molar-refractivity contribution is 7.46. The summed E-state index contributed by atoms with van der Waals surface area (Å²) in [6.07, 6.45) is -1.63.